The van der Waals surface area contributed by atoms with E-state index < -0.39 is 5.60 Å². The van der Waals surface area contributed by atoms with Crippen molar-refractivity contribution in [3.63, 3.8) is 0 Å². The first-order valence-electron chi connectivity index (χ1n) is 16.3. The zero-order chi connectivity index (χ0) is 32.5. The summed E-state index contributed by atoms with van der Waals surface area (Å²) in [4.78, 5) is 36.5. The zero-order valence-electron chi connectivity index (χ0n) is 26.9. The number of aromatic nitrogens is 5. The second kappa shape index (κ2) is 12.8. The molecule has 2 aliphatic rings. The van der Waals surface area contributed by atoms with Crippen LogP contribution >= 0.6 is 0 Å². The number of nitrogens with zero attached hydrogens (tertiary/aromatic N) is 7. The third-order valence-electron chi connectivity index (χ3n) is 10.0. The molecule has 244 valence electrons. The maximum Gasteiger partial charge on any atom is 0.262 e. The predicted molar refractivity (Wildman–Crippen MR) is 178 cm³/mol. The van der Waals surface area contributed by atoms with Crippen LogP contribution in [-0.2, 0) is 24.9 Å². The van der Waals surface area contributed by atoms with Crippen LogP contribution in [0.2, 0.25) is 0 Å². The highest BCUT2D eigenvalue weighted by molar-refractivity contribution is 5.80. The van der Waals surface area contributed by atoms with E-state index in [1.807, 2.05) is 82.1 Å². The second-order valence-electron chi connectivity index (χ2n) is 12.9. The van der Waals surface area contributed by atoms with Crippen molar-refractivity contribution in [1.29, 1.82) is 0 Å². The molecule has 2 aromatic carbocycles. The number of hydrogen-bond donors (Lipinski definition) is 1. The Kier molecular flexibility index (Phi) is 8.42. The number of hydrogen-bond acceptors (Lipinski definition) is 7. The Morgan fingerprint density at radius 1 is 1.02 bits per heavy atom. The highest BCUT2D eigenvalue weighted by Crippen LogP contribution is 2.36. The van der Waals surface area contributed by atoms with Crippen LogP contribution < -0.4 is 10.3 Å². The molecule has 0 bridgehead atoms. The van der Waals surface area contributed by atoms with Gasteiger partial charge in [-0.3, -0.25) is 23.7 Å². The van der Waals surface area contributed by atoms with Gasteiger partial charge in [0, 0.05) is 63.1 Å². The summed E-state index contributed by atoms with van der Waals surface area (Å²) in [5.41, 5.74) is 2.45. The predicted octanol–water partition coefficient (Wildman–Crippen LogP) is 3.59. The van der Waals surface area contributed by atoms with Gasteiger partial charge in [0.2, 0.25) is 5.91 Å². The van der Waals surface area contributed by atoms with Crippen LogP contribution in [0.1, 0.15) is 36.4 Å². The maximum absolute atomic E-state index is 14.1. The molecule has 11 heteroatoms. The lowest BCUT2D eigenvalue weighted by molar-refractivity contribution is -0.142. The molecule has 0 radical (unpaired) electrons. The van der Waals surface area contributed by atoms with Crippen molar-refractivity contribution in [2.45, 2.75) is 43.9 Å². The molecular weight excluding hydrogens is 594 g/mol. The third-order valence-corrected chi connectivity index (χ3v) is 10.0. The molecule has 2 saturated heterocycles. The van der Waals surface area contributed by atoms with E-state index in [1.54, 1.807) is 13.2 Å². The van der Waals surface area contributed by atoms with Crippen molar-refractivity contribution in [3.8, 4) is 11.4 Å². The van der Waals surface area contributed by atoms with Crippen LogP contribution in [0.3, 0.4) is 0 Å². The summed E-state index contributed by atoms with van der Waals surface area (Å²) in [5, 5.41) is 16.4. The van der Waals surface area contributed by atoms with E-state index in [0.717, 1.165) is 43.2 Å². The molecule has 5 heterocycles. The minimum atomic E-state index is -1.11. The van der Waals surface area contributed by atoms with Crippen molar-refractivity contribution >= 4 is 16.9 Å². The van der Waals surface area contributed by atoms with Gasteiger partial charge in [-0.05, 0) is 67.8 Å². The zero-order valence-corrected chi connectivity index (χ0v) is 26.9. The standard InChI is InChI=1S/C36H41N7O4/c1-39-28(12-17-38-39)22-40-18-13-30(32(23-40)26-6-4-3-5-7-26)34(44)41-20-15-36(46,16-21-41)24-42-25-37-33-31(35(42)45)14-19-43(33)27-8-10-29(47-2)11-9-27/h3-12,14,17,19,25,30,32,46H,13,15-16,18,20-24H2,1-2H3/t30-,32+/m1/s1. The maximum atomic E-state index is 14.1. The Hall–Kier alpha value is -4.74. The second-order valence-corrected chi connectivity index (χ2v) is 12.9. The minimum Gasteiger partial charge on any atom is -0.497 e. The Bertz CT molecular complexity index is 1910. The van der Waals surface area contributed by atoms with Gasteiger partial charge in [0.15, 0.2) is 5.65 Å². The van der Waals surface area contributed by atoms with Gasteiger partial charge in [0.1, 0.15) is 12.1 Å². The van der Waals surface area contributed by atoms with Crippen LogP contribution in [0.5, 0.6) is 5.75 Å². The number of piperidine rings is 2. The molecule has 3 aromatic heterocycles. The molecule has 1 amide bonds. The van der Waals surface area contributed by atoms with Gasteiger partial charge >= 0.3 is 0 Å². The van der Waals surface area contributed by atoms with Crippen LogP contribution in [0.4, 0.5) is 0 Å². The van der Waals surface area contributed by atoms with Crippen molar-refractivity contribution < 1.29 is 14.6 Å². The van der Waals surface area contributed by atoms with Gasteiger partial charge in [0.25, 0.3) is 5.56 Å². The number of carbonyl (C=O) groups excluding carboxylic acids is 1. The molecule has 5 aromatic rings. The van der Waals surface area contributed by atoms with E-state index in [0.29, 0.717) is 37.0 Å². The van der Waals surface area contributed by atoms with Crippen LogP contribution in [0.15, 0.2) is 90.2 Å². The Balaban J connectivity index is 1.02. The Labute approximate surface area is 273 Å². The molecule has 0 unspecified atom stereocenters. The molecule has 0 spiro atoms. The summed E-state index contributed by atoms with van der Waals surface area (Å²) >= 11 is 0. The van der Waals surface area contributed by atoms with Gasteiger partial charge in [-0.15, -0.1) is 0 Å². The van der Waals surface area contributed by atoms with Crippen LogP contribution in [-0.4, -0.2) is 83.6 Å². The number of aryl methyl sites for hydroxylation is 1. The van der Waals surface area contributed by atoms with E-state index in [9.17, 15) is 14.7 Å². The number of aliphatic hydroxyl groups is 1. The number of fused-ring (bicyclic) bond motifs is 1. The average Bonchev–Trinajstić information content (AvgIpc) is 3.72. The third kappa shape index (κ3) is 6.20. The first-order chi connectivity index (χ1) is 22.8. The lowest BCUT2D eigenvalue weighted by Crippen LogP contribution is -2.53. The van der Waals surface area contributed by atoms with E-state index in [4.69, 9.17) is 4.74 Å². The first kappa shape index (κ1) is 30.9. The monoisotopic (exact) mass is 635 g/mol. The number of amides is 1. The Morgan fingerprint density at radius 3 is 2.49 bits per heavy atom. The SMILES string of the molecule is COc1ccc(-n2ccc3c(=O)n(CC4(O)CCN(C(=O)[C@@H]5CCN(Cc6ccnn6C)C[C@H]5c5ccccc5)CC4)cnc32)cc1. The van der Waals surface area contributed by atoms with Crippen molar-refractivity contribution in [2.24, 2.45) is 13.0 Å². The summed E-state index contributed by atoms with van der Waals surface area (Å²) in [6.07, 6.45) is 6.73. The molecule has 11 nitrogen and oxygen atoms in total. The highest BCUT2D eigenvalue weighted by atomic mass is 16.5. The fourth-order valence-corrected chi connectivity index (χ4v) is 7.25. The largest absolute Gasteiger partial charge is 0.497 e. The Morgan fingerprint density at radius 2 is 1.79 bits per heavy atom. The molecule has 1 N–H and O–H groups in total. The fraction of sp³-hybridized carbons (Fsp3) is 0.389. The normalized spacial score (nSPS) is 20.0. The van der Waals surface area contributed by atoms with Gasteiger partial charge in [0.05, 0.1) is 30.3 Å². The lowest BCUT2D eigenvalue weighted by Gasteiger charge is -2.43. The summed E-state index contributed by atoms with van der Waals surface area (Å²) in [6.45, 7) is 3.45. The molecule has 0 aliphatic carbocycles. The van der Waals surface area contributed by atoms with Gasteiger partial charge < -0.3 is 19.3 Å². The molecule has 2 aliphatic heterocycles. The van der Waals surface area contributed by atoms with Gasteiger partial charge in [-0.25, -0.2) is 4.98 Å². The quantitative estimate of drug-likeness (QED) is 0.278. The van der Waals surface area contributed by atoms with Crippen molar-refractivity contribution in [3.05, 3.63) is 107 Å². The average molecular weight is 636 g/mol. The van der Waals surface area contributed by atoms with Crippen molar-refractivity contribution in [1.82, 2.24) is 33.7 Å². The van der Waals surface area contributed by atoms with E-state index in [1.165, 1.54) is 16.5 Å². The number of likely N-dealkylation sites (tertiary alicyclic amines) is 2. The molecular formula is C36H41N7O4. The molecule has 2 atom stereocenters. The first-order valence-corrected chi connectivity index (χ1v) is 16.3. The summed E-state index contributed by atoms with van der Waals surface area (Å²) in [5.74, 6) is 0.851. The van der Waals surface area contributed by atoms with E-state index in [2.05, 4.69) is 27.1 Å². The highest BCUT2D eigenvalue weighted by Gasteiger charge is 2.41. The molecule has 7 rings (SSSR count). The molecule has 2 fully saturated rings. The number of carbonyl (C=O) groups is 1. The topological polar surface area (TPSA) is 111 Å². The fourth-order valence-electron chi connectivity index (χ4n) is 7.25. The number of rotatable bonds is 8. The number of benzene rings is 2. The smallest absolute Gasteiger partial charge is 0.262 e. The molecule has 47 heavy (non-hydrogen) atoms. The van der Waals surface area contributed by atoms with Crippen LogP contribution in [0, 0.1) is 5.92 Å². The van der Waals surface area contributed by atoms with Gasteiger partial charge in [-0.2, -0.15) is 5.10 Å². The van der Waals surface area contributed by atoms with Crippen molar-refractivity contribution in [2.75, 3.05) is 33.3 Å². The van der Waals surface area contributed by atoms with Gasteiger partial charge in [-0.1, -0.05) is 30.3 Å². The van der Waals surface area contributed by atoms with E-state index in [-0.39, 0.29) is 29.8 Å². The van der Waals surface area contributed by atoms with E-state index >= 15 is 0 Å². The number of methoxy groups -OCH3 is 1. The lowest BCUT2D eigenvalue weighted by atomic mass is 9.79. The molecule has 0 saturated carbocycles. The minimum absolute atomic E-state index is 0.0769. The summed E-state index contributed by atoms with van der Waals surface area (Å²) in [7, 11) is 3.58. The van der Waals surface area contributed by atoms with Crippen LogP contribution in [0.25, 0.3) is 16.7 Å². The summed E-state index contributed by atoms with van der Waals surface area (Å²) in [6, 6.07) is 21.7. The summed E-state index contributed by atoms with van der Waals surface area (Å²) < 4.78 is 10.5. The number of ether oxygens (including phenoxy) is 1.